The summed E-state index contributed by atoms with van der Waals surface area (Å²) in [5.74, 6) is 0.271. The van der Waals surface area contributed by atoms with E-state index in [2.05, 4.69) is 0 Å². The molecule has 0 aliphatic carbocycles. The summed E-state index contributed by atoms with van der Waals surface area (Å²) in [4.78, 5) is 26.5. The van der Waals surface area contributed by atoms with Crippen molar-refractivity contribution < 1.29 is 19.1 Å². The lowest BCUT2D eigenvalue weighted by Crippen LogP contribution is -2.43. The number of nitrogens with zero attached hydrogens (tertiary/aromatic N) is 1. The summed E-state index contributed by atoms with van der Waals surface area (Å²) in [5, 5.41) is 1.88. The summed E-state index contributed by atoms with van der Waals surface area (Å²) < 4.78 is 11.0. The van der Waals surface area contributed by atoms with Crippen LogP contribution in [0.2, 0.25) is 0 Å². The predicted octanol–water partition coefficient (Wildman–Crippen LogP) is 3.59. The number of likely N-dealkylation sites (tertiary alicyclic amines) is 1. The molecule has 0 radical (unpaired) electrons. The number of piperidine rings is 1. The largest absolute Gasteiger partial charge is 0.444 e. The lowest BCUT2D eigenvalue weighted by Gasteiger charge is -2.34. The molecule has 1 amide bonds. The number of hydrogen-bond acceptors (Lipinski definition) is 5. The van der Waals surface area contributed by atoms with Crippen LogP contribution < -0.4 is 0 Å². The maximum Gasteiger partial charge on any atom is 0.410 e. The van der Waals surface area contributed by atoms with Crippen LogP contribution in [0.5, 0.6) is 0 Å². The van der Waals surface area contributed by atoms with Gasteiger partial charge in [0.2, 0.25) is 0 Å². The Morgan fingerprint density at radius 2 is 2.17 bits per heavy atom. The van der Waals surface area contributed by atoms with E-state index in [4.69, 9.17) is 9.47 Å². The highest BCUT2D eigenvalue weighted by molar-refractivity contribution is 7.12. The highest BCUT2D eigenvalue weighted by atomic mass is 32.1. The van der Waals surface area contributed by atoms with Crippen LogP contribution in [0.3, 0.4) is 0 Å². The maximum absolute atomic E-state index is 12.1. The minimum atomic E-state index is -0.479. The van der Waals surface area contributed by atoms with Crippen LogP contribution in [-0.2, 0) is 9.47 Å². The van der Waals surface area contributed by atoms with Gasteiger partial charge in [0, 0.05) is 19.0 Å². The molecule has 1 aromatic rings. The molecule has 1 aliphatic rings. The summed E-state index contributed by atoms with van der Waals surface area (Å²) >= 11 is 1.43. The van der Waals surface area contributed by atoms with Crippen molar-refractivity contribution in [3.8, 4) is 0 Å². The van der Waals surface area contributed by atoms with Crippen LogP contribution in [0, 0.1) is 5.92 Å². The van der Waals surface area contributed by atoms with E-state index in [1.807, 2.05) is 32.2 Å². The second-order valence-electron chi connectivity index (χ2n) is 6.85. The van der Waals surface area contributed by atoms with Gasteiger partial charge in [-0.2, -0.15) is 0 Å². The molecule has 1 unspecified atom stereocenters. The third-order valence-electron chi connectivity index (χ3n) is 3.55. The van der Waals surface area contributed by atoms with Crippen LogP contribution in [0.15, 0.2) is 17.5 Å². The van der Waals surface area contributed by atoms with Crippen molar-refractivity contribution in [1.29, 1.82) is 0 Å². The van der Waals surface area contributed by atoms with Crippen molar-refractivity contribution in [2.45, 2.75) is 39.2 Å². The molecule has 0 aromatic carbocycles. The predicted molar refractivity (Wildman–Crippen MR) is 90.0 cm³/mol. The van der Waals surface area contributed by atoms with Crippen LogP contribution in [-0.4, -0.2) is 48.7 Å². The van der Waals surface area contributed by atoms with Gasteiger partial charge in [0.25, 0.3) is 0 Å². The molecule has 1 aliphatic heterocycles. The quantitative estimate of drug-likeness (QED) is 0.769. The maximum atomic E-state index is 12.1. The molecule has 1 atom stereocenters. The number of carbonyl (C=O) groups excluding carboxylic acids is 2. The lowest BCUT2D eigenvalue weighted by atomic mass is 9.99. The Bertz CT molecular complexity index is 521. The lowest BCUT2D eigenvalue weighted by molar-refractivity contribution is 0.00789. The Labute approximate surface area is 141 Å². The minimum Gasteiger partial charge on any atom is -0.444 e. The Morgan fingerprint density at radius 1 is 1.39 bits per heavy atom. The zero-order valence-electron chi connectivity index (χ0n) is 14.0. The van der Waals surface area contributed by atoms with Gasteiger partial charge in [0.05, 0.1) is 11.5 Å². The van der Waals surface area contributed by atoms with Gasteiger partial charge >= 0.3 is 6.09 Å². The van der Waals surface area contributed by atoms with E-state index in [1.54, 1.807) is 11.0 Å². The van der Waals surface area contributed by atoms with E-state index in [-0.39, 0.29) is 24.4 Å². The van der Waals surface area contributed by atoms with E-state index in [0.717, 1.165) is 24.3 Å². The number of ether oxygens (including phenoxy) is 2. The molecule has 6 heteroatoms. The molecule has 2 rings (SSSR count). The molecule has 23 heavy (non-hydrogen) atoms. The second-order valence-corrected chi connectivity index (χ2v) is 7.80. The van der Waals surface area contributed by atoms with Gasteiger partial charge in [-0.05, 0) is 45.1 Å². The van der Waals surface area contributed by atoms with E-state index in [0.29, 0.717) is 13.2 Å². The van der Waals surface area contributed by atoms with Gasteiger partial charge in [-0.15, -0.1) is 11.3 Å². The van der Waals surface area contributed by atoms with Gasteiger partial charge in [-0.1, -0.05) is 6.07 Å². The average Bonchev–Trinajstić information content (AvgIpc) is 3.00. The first-order valence-electron chi connectivity index (χ1n) is 7.97. The molecule has 0 bridgehead atoms. The van der Waals surface area contributed by atoms with E-state index < -0.39 is 5.60 Å². The number of hydrogen-bond donors (Lipinski definition) is 0. The molecular weight excluding hydrogens is 314 g/mol. The Kier molecular flexibility index (Phi) is 6.18. The van der Waals surface area contributed by atoms with Gasteiger partial charge in [0.15, 0.2) is 5.78 Å². The highest BCUT2D eigenvalue weighted by Crippen LogP contribution is 2.20. The first-order valence-corrected chi connectivity index (χ1v) is 8.85. The van der Waals surface area contributed by atoms with Crippen LogP contribution in [0.1, 0.15) is 43.3 Å². The fourth-order valence-corrected chi connectivity index (χ4v) is 3.17. The summed E-state index contributed by atoms with van der Waals surface area (Å²) in [6, 6.07) is 3.67. The Morgan fingerprint density at radius 3 is 2.83 bits per heavy atom. The number of thiophene rings is 1. The zero-order chi connectivity index (χ0) is 16.9. The number of ketones is 1. The number of Topliss-reactive ketones (excluding diaryl/α,β-unsaturated/α-hetero) is 1. The van der Waals surface area contributed by atoms with Crippen LogP contribution in [0.4, 0.5) is 4.79 Å². The van der Waals surface area contributed by atoms with Gasteiger partial charge in [0.1, 0.15) is 12.2 Å². The topological polar surface area (TPSA) is 55.8 Å². The smallest absolute Gasteiger partial charge is 0.410 e. The van der Waals surface area contributed by atoms with Gasteiger partial charge < -0.3 is 14.4 Å². The van der Waals surface area contributed by atoms with Gasteiger partial charge in [-0.25, -0.2) is 4.79 Å². The third-order valence-corrected chi connectivity index (χ3v) is 4.46. The van der Waals surface area contributed by atoms with Crippen molar-refractivity contribution in [3.05, 3.63) is 22.4 Å². The van der Waals surface area contributed by atoms with Crippen molar-refractivity contribution >= 4 is 23.2 Å². The summed E-state index contributed by atoms with van der Waals surface area (Å²) in [5.41, 5.74) is -0.479. The zero-order valence-corrected chi connectivity index (χ0v) is 14.9. The molecule has 0 saturated carbocycles. The van der Waals surface area contributed by atoms with Crippen molar-refractivity contribution in [3.63, 3.8) is 0 Å². The molecular formula is C17H25NO4S. The molecule has 0 spiro atoms. The van der Waals surface area contributed by atoms with Gasteiger partial charge in [-0.3, -0.25) is 4.79 Å². The average molecular weight is 339 g/mol. The second kappa shape index (κ2) is 7.93. The summed E-state index contributed by atoms with van der Waals surface area (Å²) in [6.07, 6.45) is 1.68. The fourth-order valence-electron chi connectivity index (χ4n) is 2.52. The number of carbonyl (C=O) groups is 2. The minimum absolute atomic E-state index is 0.0137. The molecule has 5 nitrogen and oxygen atoms in total. The van der Waals surface area contributed by atoms with Crippen molar-refractivity contribution in [1.82, 2.24) is 4.90 Å². The van der Waals surface area contributed by atoms with Crippen LogP contribution in [0.25, 0.3) is 0 Å². The fraction of sp³-hybridized carbons (Fsp3) is 0.647. The molecule has 1 fully saturated rings. The Hall–Kier alpha value is -1.40. The first-order chi connectivity index (χ1) is 10.8. The standard InChI is InChI=1S/C17H25NO4S/c1-17(2,3)22-16(20)18-8-4-6-13(10-18)11-21-12-14(19)15-7-5-9-23-15/h5,7,9,13H,4,6,8,10-12H2,1-3H3. The third kappa shape index (κ3) is 5.95. The van der Waals surface area contributed by atoms with Crippen molar-refractivity contribution in [2.75, 3.05) is 26.3 Å². The normalized spacial score (nSPS) is 18.7. The molecule has 1 aromatic heterocycles. The van der Waals surface area contributed by atoms with Crippen LogP contribution >= 0.6 is 11.3 Å². The van der Waals surface area contributed by atoms with Crippen molar-refractivity contribution in [2.24, 2.45) is 5.92 Å². The molecule has 2 heterocycles. The SMILES string of the molecule is CC(C)(C)OC(=O)N1CCCC(COCC(=O)c2cccs2)C1. The number of rotatable bonds is 5. The summed E-state index contributed by atoms with van der Waals surface area (Å²) in [7, 11) is 0. The van der Waals surface area contributed by atoms with E-state index >= 15 is 0 Å². The molecule has 1 saturated heterocycles. The summed E-state index contributed by atoms with van der Waals surface area (Å²) in [6.45, 7) is 7.55. The Balaban J connectivity index is 1.73. The first kappa shape index (κ1) is 17.9. The molecule has 128 valence electrons. The van der Waals surface area contributed by atoms with E-state index in [9.17, 15) is 9.59 Å². The molecule has 0 N–H and O–H groups in total. The monoisotopic (exact) mass is 339 g/mol. The number of amides is 1. The highest BCUT2D eigenvalue weighted by Gasteiger charge is 2.27. The van der Waals surface area contributed by atoms with E-state index in [1.165, 1.54) is 11.3 Å².